The number of aromatic carboxylic acids is 1. The lowest BCUT2D eigenvalue weighted by Crippen LogP contribution is -2.34. The number of carbonyl (C=O) groups excluding carboxylic acids is 1. The van der Waals surface area contributed by atoms with Crippen molar-refractivity contribution >= 4 is 22.7 Å². The first-order chi connectivity index (χ1) is 8.75. The van der Waals surface area contributed by atoms with Crippen molar-refractivity contribution in [1.29, 1.82) is 0 Å². The van der Waals surface area contributed by atoms with Gasteiger partial charge in [0.15, 0.2) is 0 Å². The average molecular weight is 283 g/mol. The van der Waals surface area contributed by atoms with Gasteiger partial charge in [0.05, 0.1) is 16.4 Å². The molecule has 0 fully saturated rings. The summed E-state index contributed by atoms with van der Waals surface area (Å²) in [5.41, 5.74) is 0.704. The Morgan fingerprint density at radius 2 is 1.89 bits per heavy atom. The van der Waals surface area contributed by atoms with Crippen molar-refractivity contribution in [1.82, 2.24) is 4.90 Å². The molecule has 0 aliphatic rings. The predicted molar refractivity (Wildman–Crippen MR) is 72.7 cm³/mol. The summed E-state index contributed by atoms with van der Waals surface area (Å²) in [5.74, 6) is -1.32. The topological polar surface area (TPSA) is 74.7 Å². The highest BCUT2D eigenvalue weighted by Crippen LogP contribution is 2.17. The molecule has 1 aromatic carbocycles. The van der Waals surface area contributed by atoms with Crippen molar-refractivity contribution in [3.05, 3.63) is 29.3 Å². The Morgan fingerprint density at radius 3 is 2.37 bits per heavy atom. The average Bonchev–Trinajstić information content (AvgIpc) is 2.36. The van der Waals surface area contributed by atoms with Crippen LogP contribution >= 0.6 is 0 Å². The molecule has 2 unspecified atom stereocenters. The zero-order valence-corrected chi connectivity index (χ0v) is 12.2. The predicted octanol–water partition coefficient (Wildman–Crippen LogP) is 1.28. The summed E-state index contributed by atoms with van der Waals surface area (Å²) in [6, 6.07) is 4.56. The smallest absolute Gasteiger partial charge is 0.335 e. The maximum Gasteiger partial charge on any atom is 0.335 e. The van der Waals surface area contributed by atoms with Gasteiger partial charge < -0.3 is 10.0 Å². The third-order valence-corrected chi connectivity index (χ3v) is 4.34. The molecule has 1 rings (SSSR count). The van der Waals surface area contributed by atoms with Crippen LogP contribution in [0.4, 0.5) is 0 Å². The quantitative estimate of drug-likeness (QED) is 0.903. The number of carbonyl (C=O) groups is 2. The first kappa shape index (κ1) is 15.4. The number of benzene rings is 1. The van der Waals surface area contributed by atoms with Gasteiger partial charge in [-0.25, -0.2) is 4.79 Å². The van der Waals surface area contributed by atoms with Crippen LogP contribution in [0.25, 0.3) is 0 Å². The van der Waals surface area contributed by atoms with E-state index in [0.717, 1.165) is 0 Å². The number of aryl methyl sites for hydroxylation is 1. The lowest BCUT2D eigenvalue weighted by Gasteiger charge is -2.16. The van der Waals surface area contributed by atoms with E-state index in [4.69, 9.17) is 5.11 Å². The van der Waals surface area contributed by atoms with Gasteiger partial charge in [0.25, 0.3) is 0 Å². The Balaban J connectivity index is 3.10. The highest BCUT2D eigenvalue weighted by Gasteiger charge is 2.23. The number of amides is 1. The molecule has 0 radical (unpaired) electrons. The van der Waals surface area contributed by atoms with Gasteiger partial charge in [-0.3, -0.25) is 9.00 Å². The van der Waals surface area contributed by atoms with Crippen LogP contribution in [0.3, 0.4) is 0 Å². The van der Waals surface area contributed by atoms with Crippen LogP contribution in [-0.4, -0.2) is 45.4 Å². The van der Waals surface area contributed by atoms with Crippen LogP contribution in [0, 0.1) is 6.92 Å². The molecular weight excluding hydrogens is 266 g/mol. The molecule has 1 aromatic rings. The molecular formula is C13H17NO4S. The van der Waals surface area contributed by atoms with Crippen molar-refractivity contribution in [3.63, 3.8) is 0 Å². The van der Waals surface area contributed by atoms with Gasteiger partial charge in [-0.05, 0) is 31.5 Å². The maximum absolute atomic E-state index is 12.2. The van der Waals surface area contributed by atoms with Gasteiger partial charge in [0.1, 0.15) is 5.25 Å². The van der Waals surface area contributed by atoms with Gasteiger partial charge in [-0.1, -0.05) is 6.07 Å². The zero-order valence-electron chi connectivity index (χ0n) is 11.3. The molecule has 6 heteroatoms. The highest BCUT2D eigenvalue weighted by atomic mass is 32.2. The van der Waals surface area contributed by atoms with E-state index >= 15 is 0 Å². The Bertz CT molecular complexity index is 539. The normalized spacial score (nSPS) is 13.7. The number of hydrogen-bond donors (Lipinski definition) is 1. The number of carboxylic acids is 1. The van der Waals surface area contributed by atoms with E-state index in [2.05, 4.69) is 0 Å². The van der Waals surface area contributed by atoms with Crippen molar-refractivity contribution in [2.75, 3.05) is 14.1 Å². The van der Waals surface area contributed by atoms with Gasteiger partial charge in [-0.2, -0.15) is 0 Å². The fourth-order valence-electron chi connectivity index (χ4n) is 1.62. The summed E-state index contributed by atoms with van der Waals surface area (Å²) in [5, 5.41) is 8.32. The Morgan fingerprint density at radius 1 is 1.32 bits per heavy atom. The molecule has 0 aliphatic heterocycles. The second kappa shape index (κ2) is 5.97. The third-order valence-electron chi connectivity index (χ3n) is 2.78. The number of rotatable bonds is 4. The first-order valence-electron chi connectivity index (χ1n) is 5.71. The van der Waals surface area contributed by atoms with Crippen LogP contribution in [0.15, 0.2) is 23.1 Å². The highest BCUT2D eigenvalue weighted by molar-refractivity contribution is 7.86. The van der Waals surface area contributed by atoms with E-state index in [1.54, 1.807) is 40.1 Å². The third kappa shape index (κ3) is 3.41. The Kier molecular flexibility index (Phi) is 4.83. The summed E-state index contributed by atoms with van der Waals surface area (Å²) in [7, 11) is 1.61. The second-order valence-corrected chi connectivity index (χ2v) is 6.23. The van der Waals surface area contributed by atoms with Gasteiger partial charge in [0, 0.05) is 19.0 Å². The maximum atomic E-state index is 12.2. The van der Waals surface area contributed by atoms with Crippen LogP contribution in [0.1, 0.15) is 22.8 Å². The summed E-state index contributed by atoms with van der Waals surface area (Å²) >= 11 is 0. The number of carboxylic acid groups (broad SMARTS) is 1. The molecule has 19 heavy (non-hydrogen) atoms. The molecule has 0 heterocycles. The monoisotopic (exact) mass is 283 g/mol. The molecule has 104 valence electrons. The molecule has 0 saturated carbocycles. The lowest BCUT2D eigenvalue weighted by atomic mass is 10.1. The van der Waals surface area contributed by atoms with Crippen molar-refractivity contribution in [2.24, 2.45) is 0 Å². The Labute approximate surface area is 114 Å². The van der Waals surface area contributed by atoms with Crippen molar-refractivity contribution in [3.8, 4) is 0 Å². The molecule has 2 atom stereocenters. The van der Waals surface area contributed by atoms with E-state index in [9.17, 15) is 13.8 Å². The fraction of sp³-hybridized carbons (Fsp3) is 0.385. The van der Waals surface area contributed by atoms with Crippen LogP contribution in [-0.2, 0) is 15.6 Å². The molecule has 5 nitrogen and oxygen atoms in total. The van der Waals surface area contributed by atoms with Crippen molar-refractivity contribution < 1.29 is 18.9 Å². The number of hydrogen-bond acceptors (Lipinski definition) is 3. The molecule has 0 aliphatic carbocycles. The minimum absolute atomic E-state index is 0.107. The van der Waals surface area contributed by atoms with Crippen LogP contribution in [0.5, 0.6) is 0 Å². The zero-order chi connectivity index (χ0) is 14.7. The molecule has 0 aromatic heterocycles. The molecule has 0 spiro atoms. The fourth-order valence-corrected chi connectivity index (χ4v) is 2.85. The SMILES string of the molecule is Cc1ccc(S(=O)C(C)C(=O)N(C)C)cc1C(=O)O. The van der Waals surface area contributed by atoms with E-state index < -0.39 is 22.0 Å². The van der Waals surface area contributed by atoms with Gasteiger partial charge >= 0.3 is 5.97 Å². The van der Waals surface area contributed by atoms with Crippen LogP contribution in [0.2, 0.25) is 0 Å². The minimum Gasteiger partial charge on any atom is -0.478 e. The number of nitrogens with zero attached hydrogens (tertiary/aromatic N) is 1. The summed E-state index contributed by atoms with van der Waals surface area (Å²) in [4.78, 5) is 24.5. The van der Waals surface area contributed by atoms with E-state index in [-0.39, 0.29) is 11.5 Å². The van der Waals surface area contributed by atoms with Crippen LogP contribution < -0.4 is 0 Å². The summed E-state index contributed by atoms with van der Waals surface area (Å²) in [6.07, 6.45) is 0. The largest absolute Gasteiger partial charge is 0.478 e. The standard InChI is InChI=1S/C13H17NO4S/c1-8-5-6-10(7-11(8)13(16)17)19(18)9(2)12(15)14(3)4/h5-7,9H,1-4H3,(H,16,17). The summed E-state index contributed by atoms with van der Waals surface area (Å²) < 4.78 is 12.2. The van der Waals surface area contributed by atoms with Crippen molar-refractivity contribution in [2.45, 2.75) is 24.0 Å². The lowest BCUT2D eigenvalue weighted by molar-refractivity contribution is -0.127. The minimum atomic E-state index is -1.57. The molecule has 1 N–H and O–H groups in total. The molecule has 0 saturated heterocycles. The summed E-state index contributed by atoms with van der Waals surface area (Å²) in [6.45, 7) is 3.24. The van der Waals surface area contributed by atoms with E-state index in [1.165, 1.54) is 11.0 Å². The second-order valence-electron chi connectivity index (χ2n) is 4.45. The Hall–Kier alpha value is -1.69. The van der Waals surface area contributed by atoms with Gasteiger partial charge in [-0.15, -0.1) is 0 Å². The van der Waals surface area contributed by atoms with Gasteiger partial charge in [0.2, 0.25) is 5.91 Å². The molecule has 1 amide bonds. The van der Waals surface area contributed by atoms with E-state index in [1.807, 2.05) is 0 Å². The molecule has 0 bridgehead atoms. The van der Waals surface area contributed by atoms with E-state index in [0.29, 0.717) is 10.5 Å². The first-order valence-corrected chi connectivity index (χ1v) is 6.92.